The van der Waals surface area contributed by atoms with E-state index in [-0.39, 0.29) is 5.91 Å². The van der Waals surface area contributed by atoms with Crippen LogP contribution in [0.25, 0.3) is 0 Å². The van der Waals surface area contributed by atoms with Crippen LogP contribution in [0.15, 0.2) is 25.4 Å². The lowest BCUT2D eigenvalue weighted by Gasteiger charge is -2.15. The Balaban J connectivity index is 3.51. The zero-order valence-electron chi connectivity index (χ0n) is 9.87. The first-order chi connectivity index (χ1) is 7.26. The molecule has 0 bridgehead atoms. The maximum atomic E-state index is 11.2. The molecule has 0 aromatic carbocycles. The zero-order valence-corrected chi connectivity index (χ0v) is 9.87. The lowest BCUT2D eigenvalue weighted by molar-refractivity contribution is -0.123. The fraction of sp³-hybridized carbons (Fsp3) is 0.615. The molecule has 1 amide bonds. The van der Waals surface area contributed by atoms with Crippen molar-refractivity contribution in [3.8, 4) is 0 Å². The first kappa shape index (κ1) is 13.9. The highest BCUT2D eigenvalue weighted by atomic mass is 16.2. The normalized spacial score (nSPS) is 9.67. The van der Waals surface area contributed by atoms with Crippen molar-refractivity contribution < 1.29 is 4.79 Å². The van der Waals surface area contributed by atoms with Gasteiger partial charge in [0.1, 0.15) is 0 Å². The second-order valence-electron chi connectivity index (χ2n) is 3.69. The lowest BCUT2D eigenvalue weighted by Crippen LogP contribution is -2.24. The van der Waals surface area contributed by atoms with Crippen LogP contribution in [0.3, 0.4) is 0 Å². The Bertz CT molecular complexity index is 199. The summed E-state index contributed by atoms with van der Waals surface area (Å²) in [6.45, 7) is 10.0. The minimum atomic E-state index is -0.0569. The lowest BCUT2D eigenvalue weighted by atomic mass is 10.1. The summed E-state index contributed by atoms with van der Waals surface area (Å²) in [5, 5.41) is 0. The first-order valence-electron chi connectivity index (χ1n) is 5.81. The molecular formula is C13H23NO. The molecule has 0 unspecified atom stereocenters. The van der Waals surface area contributed by atoms with Crippen LogP contribution in [0.4, 0.5) is 0 Å². The number of unbranched alkanes of at least 4 members (excludes halogenated alkanes) is 5. The van der Waals surface area contributed by atoms with E-state index >= 15 is 0 Å². The van der Waals surface area contributed by atoms with Crippen LogP contribution >= 0.6 is 0 Å². The summed E-state index contributed by atoms with van der Waals surface area (Å²) in [6.07, 6.45) is 10.3. The summed E-state index contributed by atoms with van der Waals surface area (Å²) in [6, 6.07) is 0. The van der Waals surface area contributed by atoms with Crippen molar-refractivity contribution in [3.63, 3.8) is 0 Å². The Morgan fingerprint density at radius 2 is 1.73 bits per heavy atom. The Morgan fingerprint density at radius 1 is 1.13 bits per heavy atom. The Labute approximate surface area is 93.7 Å². The van der Waals surface area contributed by atoms with Crippen molar-refractivity contribution >= 4 is 5.91 Å². The number of amides is 1. The van der Waals surface area contributed by atoms with E-state index in [0.717, 1.165) is 13.0 Å². The molecular weight excluding hydrogens is 186 g/mol. The summed E-state index contributed by atoms with van der Waals surface area (Å²) in [4.78, 5) is 12.9. The SMILES string of the molecule is C=CC(=O)N(C=C)CCCCCCCC. The third kappa shape index (κ3) is 6.95. The summed E-state index contributed by atoms with van der Waals surface area (Å²) < 4.78 is 0. The molecule has 0 radical (unpaired) electrons. The number of carbonyl (C=O) groups excluding carboxylic acids is 1. The fourth-order valence-electron chi connectivity index (χ4n) is 1.47. The predicted octanol–water partition coefficient (Wildman–Crippen LogP) is 3.51. The van der Waals surface area contributed by atoms with Gasteiger partial charge in [-0.25, -0.2) is 0 Å². The van der Waals surface area contributed by atoms with Crippen LogP contribution in [-0.4, -0.2) is 17.4 Å². The maximum absolute atomic E-state index is 11.2. The number of hydrogen-bond donors (Lipinski definition) is 0. The van der Waals surface area contributed by atoms with Gasteiger partial charge in [-0.3, -0.25) is 4.79 Å². The topological polar surface area (TPSA) is 20.3 Å². The molecule has 0 aliphatic carbocycles. The van der Waals surface area contributed by atoms with E-state index in [1.165, 1.54) is 38.2 Å². The van der Waals surface area contributed by atoms with Crippen molar-refractivity contribution in [2.75, 3.05) is 6.54 Å². The largest absolute Gasteiger partial charge is 0.316 e. The van der Waals surface area contributed by atoms with E-state index in [1.54, 1.807) is 11.1 Å². The van der Waals surface area contributed by atoms with Gasteiger partial charge in [0.2, 0.25) is 5.91 Å². The van der Waals surface area contributed by atoms with Crippen molar-refractivity contribution in [1.82, 2.24) is 4.90 Å². The predicted molar refractivity (Wildman–Crippen MR) is 65.5 cm³/mol. The van der Waals surface area contributed by atoms with Crippen LogP contribution in [0, 0.1) is 0 Å². The van der Waals surface area contributed by atoms with Gasteiger partial charge in [-0.2, -0.15) is 0 Å². The van der Waals surface area contributed by atoms with E-state index in [0.29, 0.717) is 0 Å². The number of hydrogen-bond acceptors (Lipinski definition) is 1. The highest BCUT2D eigenvalue weighted by molar-refractivity contribution is 5.87. The highest BCUT2D eigenvalue weighted by Gasteiger charge is 2.04. The van der Waals surface area contributed by atoms with Gasteiger partial charge in [-0.1, -0.05) is 52.2 Å². The molecule has 0 saturated heterocycles. The maximum Gasteiger partial charge on any atom is 0.249 e. The van der Waals surface area contributed by atoms with Gasteiger partial charge in [0.25, 0.3) is 0 Å². The molecule has 2 heteroatoms. The molecule has 0 aromatic heterocycles. The van der Waals surface area contributed by atoms with Gasteiger partial charge in [-0.15, -0.1) is 0 Å². The molecule has 0 fully saturated rings. The van der Waals surface area contributed by atoms with E-state index in [1.807, 2.05) is 0 Å². The molecule has 86 valence electrons. The summed E-state index contributed by atoms with van der Waals surface area (Å²) >= 11 is 0. The van der Waals surface area contributed by atoms with Gasteiger partial charge in [0.15, 0.2) is 0 Å². The van der Waals surface area contributed by atoms with Crippen LogP contribution in [0.5, 0.6) is 0 Å². The highest BCUT2D eigenvalue weighted by Crippen LogP contribution is 2.06. The standard InChI is InChI=1S/C13H23NO/c1-4-7-8-9-10-11-12-14(6-3)13(15)5-2/h5-6H,2-4,7-12H2,1H3. The minimum absolute atomic E-state index is 0.0569. The third-order valence-corrected chi connectivity index (χ3v) is 2.43. The van der Waals surface area contributed by atoms with Gasteiger partial charge in [0.05, 0.1) is 0 Å². The average molecular weight is 209 g/mol. The fourth-order valence-corrected chi connectivity index (χ4v) is 1.47. The smallest absolute Gasteiger partial charge is 0.249 e. The molecule has 15 heavy (non-hydrogen) atoms. The van der Waals surface area contributed by atoms with E-state index < -0.39 is 0 Å². The second-order valence-corrected chi connectivity index (χ2v) is 3.69. The van der Waals surface area contributed by atoms with Crippen LogP contribution in [0.2, 0.25) is 0 Å². The quantitative estimate of drug-likeness (QED) is 0.420. The number of rotatable bonds is 9. The molecule has 0 aromatic rings. The van der Waals surface area contributed by atoms with Gasteiger partial charge in [-0.05, 0) is 18.7 Å². The zero-order chi connectivity index (χ0) is 11.5. The van der Waals surface area contributed by atoms with Crippen LogP contribution < -0.4 is 0 Å². The molecule has 0 aliphatic rings. The number of carbonyl (C=O) groups is 1. The Kier molecular flexibility index (Phi) is 8.84. The monoisotopic (exact) mass is 209 g/mol. The number of nitrogens with zero attached hydrogens (tertiary/aromatic N) is 1. The van der Waals surface area contributed by atoms with Crippen molar-refractivity contribution in [2.24, 2.45) is 0 Å². The first-order valence-corrected chi connectivity index (χ1v) is 5.81. The van der Waals surface area contributed by atoms with Crippen LogP contribution in [0.1, 0.15) is 45.4 Å². The summed E-state index contributed by atoms with van der Waals surface area (Å²) in [7, 11) is 0. The molecule has 0 saturated carbocycles. The molecule has 0 atom stereocenters. The molecule has 0 spiro atoms. The second kappa shape index (κ2) is 9.50. The van der Waals surface area contributed by atoms with Crippen molar-refractivity contribution in [2.45, 2.75) is 45.4 Å². The molecule has 0 rings (SSSR count). The third-order valence-electron chi connectivity index (χ3n) is 2.43. The Hall–Kier alpha value is -1.05. The average Bonchev–Trinajstić information content (AvgIpc) is 2.27. The summed E-state index contributed by atoms with van der Waals surface area (Å²) in [5.41, 5.74) is 0. The van der Waals surface area contributed by atoms with Gasteiger partial charge in [0, 0.05) is 6.54 Å². The molecule has 0 heterocycles. The summed E-state index contributed by atoms with van der Waals surface area (Å²) in [5.74, 6) is -0.0569. The van der Waals surface area contributed by atoms with Crippen molar-refractivity contribution in [1.29, 1.82) is 0 Å². The van der Waals surface area contributed by atoms with E-state index in [2.05, 4.69) is 20.1 Å². The van der Waals surface area contributed by atoms with Crippen molar-refractivity contribution in [3.05, 3.63) is 25.4 Å². The molecule has 0 aliphatic heterocycles. The molecule has 0 N–H and O–H groups in total. The Morgan fingerprint density at radius 3 is 2.27 bits per heavy atom. The van der Waals surface area contributed by atoms with E-state index in [4.69, 9.17) is 0 Å². The van der Waals surface area contributed by atoms with Crippen LogP contribution in [-0.2, 0) is 4.79 Å². The molecule has 2 nitrogen and oxygen atoms in total. The van der Waals surface area contributed by atoms with Gasteiger partial charge >= 0.3 is 0 Å². The minimum Gasteiger partial charge on any atom is -0.316 e. The van der Waals surface area contributed by atoms with Gasteiger partial charge < -0.3 is 4.90 Å². The van der Waals surface area contributed by atoms with E-state index in [9.17, 15) is 4.79 Å².